The first kappa shape index (κ1) is 19.1. The predicted molar refractivity (Wildman–Crippen MR) is 88.9 cm³/mol. The molecule has 0 aromatic rings. The maximum absolute atomic E-state index is 12.2. The Labute approximate surface area is 143 Å². The van der Waals surface area contributed by atoms with E-state index < -0.39 is 21.5 Å². The first-order chi connectivity index (χ1) is 11.0. The van der Waals surface area contributed by atoms with E-state index in [-0.39, 0.29) is 24.5 Å². The van der Waals surface area contributed by atoms with Gasteiger partial charge in [0.1, 0.15) is 5.54 Å². The van der Waals surface area contributed by atoms with Gasteiger partial charge in [-0.15, -0.1) is 0 Å². The van der Waals surface area contributed by atoms with Crippen LogP contribution in [-0.4, -0.2) is 67.3 Å². The number of rotatable bonds is 9. The van der Waals surface area contributed by atoms with Crippen LogP contribution in [0.5, 0.6) is 0 Å². The molecule has 1 amide bonds. The molecule has 0 unspecified atom stereocenters. The maximum Gasteiger partial charge on any atom is 0.317 e. The summed E-state index contributed by atoms with van der Waals surface area (Å²) in [6.45, 7) is 3.87. The van der Waals surface area contributed by atoms with Gasteiger partial charge < -0.3 is 10.4 Å². The molecule has 0 aromatic heterocycles. The van der Waals surface area contributed by atoms with E-state index in [9.17, 15) is 18.0 Å². The molecule has 2 aliphatic carbocycles. The number of carboxylic acid groups (broad SMARTS) is 1. The van der Waals surface area contributed by atoms with Gasteiger partial charge in [-0.1, -0.05) is 0 Å². The minimum absolute atomic E-state index is 0.0307. The molecular formula is C15H27N3O5S. The van der Waals surface area contributed by atoms with Gasteiger partial charge in [-0.25, -0.2) is 13.1 Å². The van der Waals surface area contributed by atoms with Crippen LogP contribution in [0.15, 0.2) is 0 Å². The smallest absolute Gasteiger partial charge is 0.317 e. The third-order valence-corrected chi connectivity index (χ3v) is 5.38. The second-order valence-corrected chi connectivity index (χ2v) is 9.31. The molecule has 0 bridgehead atoms. The summed E-state index contributed by atoms with van der Waals surface area (Å²) in [6, 6.07) is 0.122. The first-order valence-electron chi connectivity index (χ1n) is 8.22. The number of hydrogen-bond acceptors (Lipinski definition) is 5. The molecule has 138 valence electrons. The van der Waals surface area contributed by atoms with Crippen molar-refractivity contribution in [3.8, 4) is 0 Å². The van der Waals surface area contributed by atoms with E-state index in [1.165, 1.54) is 13.8 Å². The van der Waals surface area contributed by atoms with Crippen LogP contribution in [0.3, 0.4) is 0 Å². The molecule has 2 fully saturated rings. The molecule has 0 heterocycles. The molecule has 9 heteroatoms. The molecule has 2 rings (SSSR count). The largest absolute Gasteiger partial charge is 0.480 e. The van der Waals surface area contributed by atoms with E-state index in [1.807, 2.05) is 4.90 Å². The van der Waals surface area contributed by atoms with Crippen LogP contribution in [0.1, 0.15) is 39.5 Å². The first-order valence-corrected chi connectivity index (χ1v) is 10.1. The Morgan fingerprint density at radius 1 is 1.25 bits per heavy atom. The minimum atomic E-state index is -3.48. The molecule has 0 saturated heterocycles. The van der Waals surface area contributed by atoms with Crippen LogP contribution in [0.4, 0.5) is 0 Å². The van der Waals surface area contributed by atoms with E-state index in [4.69, 9.17) is 5.11 Å². The molecule has 8 nitrogen and oxygen atoms in total. The normalized spacial score (nSPS) is 24.5. The van der Waals surface area contributed by atoms with Crippen molar-refractivity contribution in [2.45, 2.75) is 57.2 Å². The molecule has 2 saturated carbocycles. The number of hydrogen-bond donors (Lipinski definition) is 3. The summed E-state index contributed by atoms with van der Waals surface area (Å²) in [5.74, 6) is -0.596. The summed E-state index contributed by atoms with van der Waals surface area (Å²) >= 11 is 0. The Morgan fingerprint density at radius 3 is 2.29 bits per heavy atom. The monoisotopic (exact) mass is 361 g/mol. The fourth-order valence-corrected chi connectivity index (χ4v) is 4.05. The highest BCUT2D eigenvalue weighted by Gasteiger charge is 2.40. The molecule has 0 atom stereocenters. The lowest BCUT2D eigenvalue weighted by molar-refractivity contribution is -0.140. The van der Waals surface area contributed by atoms with Gasteiger partial charge in [0.05, 0.1) is 12.8 Å². The van der Waals surface area contributed by atoms with Gasteiger partial charge in [0.25, 0.3) is 0 Å². The molecule has 0 aliphatic heterocycles. The Morgan fingerprint density at radius 2 is 1.83 bits per heavy atom. The van der Waals surface area contributed by atoms with Gasteiger partial charge in [0.15, 0.2) is 0 Å². The number of carboxylic acids is 1. The highest BCUT2D eigenvalue weighted by atomic mass is 32.2. The van der Waals surface area contributed by atoms with Crippen molar-refractivity contribution in [1.29, 1.82) is 0 Å². The van der Waals surface area contributed by atoms with Crippen LogP contribution in [0.25, 0.3) is 0 Å². The minimum Gasteiger partial charge on any atom is -0.480 e. The summed E-state index contributed by atoms with van der Waals surface area (Å²) in [7, 11) is -3.48. The number of aliphatic carboxylic acids is 1. The van der Waals surface area contributed by atoms with E-state index >= 15 is 0 Å². The Hall–Kier alpha value is -1.19. The number of nitrogens with zero attached hydrogens (tertiary/aromatic N) is 1. The van der Waals surface area contributed by atoms with Crippen molar-refractivity contribution in [1.82, 2.24) is 14.9 Å². The fraction of sp³-hybridized carbons (Fsp3) is 0.867. The van der Waals surface area contributed by atoms with Gasteiger partial charge in [-0.2, -0.15) is 0 Å². The standard InChI is InChI=1S/C15H27N3O5S/c1-15(2,17-24(3,22)23)14(21)16-11-6-12(7-11)18(9-13(19)20)8-10-4-5-10/h10-12,17H,4-9H2,1-3H3,(H,16,21)(H,19,20). The topological polar surface area (TPSA) is 116 Å². The lowest BCUT2D eigenvalue weighted by atomic mass is 9.84. The fourth-order valence-electron chi connectivity index (χ4n) is 3.03. The van der Waals surface area contributed by atoms with Gasteiger partial charge in [-0.05, 0) is 45.4 Å². The summed E-state index contributed by atoms with van der Waals surface area (Å²) in [4.78, 5) is 25.2. The van der Waals surface area contributed by atoms with Gasteiger partial charge >= 0.3 is 5.97 Å². The van der Waals surface area contributed by atoms with Crippen LogP contribution < -0.4 is 10.0 Å². The van der Waals surface area contributed by atoms with Crippen LogP contribution >= 0.6 is 0 Å². The third-order valence-electron chi connectivity index (χ3n) is 4.50. The van der Waals surface area contributed by atoms with Crippen molar-refractivity contribution < 1.29 is 23.1 Å². The van der Waals surface area contributed by atoms with Crippen molar-refractivity contribution >= 4 is 21.9 Å². The number of carbonyl (C=O) groups excluding carboxylic acids is 1. The molecule has 3 N–H and O–H groups in total. The lowest BCUT2D eigenvalue weighted by Gasteiger charge is -2.43. The molecule has 0 radical (unpaired) electrons. The second-order valence-electron chi connectivity index (χ2n) is 7.56. The Bertz CT molecular complexity index is 594. The van der Waals surface area contributed by atoms with Crippen LogP contribution in [0, 0.1) is 5.92 Å². The van der Waals surface area contributed by atoms with E-state index in [1.54, 1.807) is 0 Å². The van der Waals surface area contributed by atoms with Crippen molar-refractivity contribution in [3.05, 3.63) is 0 Å². The predicted octanol–water partition coefficient (Wildman–Crippen LogP) is -0.242. The second kappa shape index (κ2) is 6.97. The van der Waals surface area contributed by atoms with Crippen LogP contribution in [-0.2, 0) is 19.6 Å². The SMILES string of the molecule is CC(C)(NS(C)(=O)=O)C(=O)NC1CC(N(CC(=O)O)CC2CC2)C1. The average Bonchev–Trinajstić information content (AvgIpc) is 3.12. The summed E-state index contributed by atoms with van der Waals surface area (Å²) in [6.07, 6.45) is 4.73. The van der Waals surface area contributed by atoms with Gasteiger partial charge in [-0.3, -0.25) is 14.5 Å². The summed E-state index contributed by atoms with van der Waals surface area (Å²) < 4.78 is 25.0. The number of carbonyl (C=O) groups is 2. The molecule has 0 spiro atoms. The quantitative estimate of drug-likeness (QED) is 0.522. The van der Waals surface area contributed by atoms with Crippen molar-refractivity contribution in [2.75, 3.05) is 19.3 Å². The van der Waals surface area contributed by atoms with E-state index in [0.29, 0.717) is 18.8 Å². The summed E-state index contributed by atoms with van der Waals surface area (Å²) in [5, 5.41) is 11.9. The maximum atomic E-state index is 12.2. The molecule has 0 aromatic carbocycles. The molecule has 24 heavy (non-hydrogen) atoms. The zero-order valence-electron chi connectivity index (χ0n) is 14.4. The zero-order valence-corrected chi connectivity index (χ0v) is 15.2. The lowest BCUT2D eigenvalue weighted by Crippen LogP contribution is -2.61. The highest BCUT2D eigenvalue weighted by molar-refractivity contribution is 7.88. The highest BCUT2D eigenvalue weighted by Crippen LogP contribution is 2.33. The number of sulfonamides is 1. The Kier molecular flexibility index (Phi) is 5.56. The average molecular weight is 361 g/mol. The van der Waals surface area contributed by atoms with Crippen molar-refractivity contribution in [3.63, 3.8) is 0 Å². The third kappa shape index (κ3) is 5.71. The summed E-state index contributed by atoms with van der Waals surface area (Å²) in [5.41, 5.74) is -1.21. The van der Waals surface area contributed by atoms with Crippen molar-refractivity contribution in [2.24, 2.45) is 5.92 Å². The number of amides is 1. The van der Waals surface area contributed by atoms with Gasteiger partial charge in [0, 0.05) is 18.6 Å². The Balaban J connectivity index is 1.82. The number of nitrogens with one attached hydrogen (secondary N) is 2. The van der Waals surface area contributed by atoms with Crippen LogP contribution in [0.2, 0.25) is 0 Å². The van der Waals surface area contributed by atoms with Gasteiger partial charge in [0.2, 0.25) is 15.9 Å². The van der Waals surface area contributed by atoms with E-state index in [2.05, 4.69) is 10.0 Å². The molecular weight excluding hydrogens is 334 g/mol. The molecule has 2 aliphatic rings. The zero-order chi connectivity index (χ0) is 18.1. The van der Waals surface area contributed by atoms with E-state index in [0.717, 1.165) is 25.6 Å².